The van der Waals surface area contributed by atoms with Gasteiger partial charge in [-0.25, -0.2) is 17.6 Å². The SMILES string of the molecule is CCC(C)=CC1C(C(=O)OC(F)c2cc(F)c(F)c(F)c2F)C1(C)C. The summed E-state index contributed by atoms with van der Waals surface area (Å²) in [4.78, 5) is 12.2. The van der Waals surface area contributed by atoms with Crippen molar-refractivity contribution in [2.45, 2.75) is 40.5 Å². The number of benzene rings is 1. The Balaban J connectivity index is 2.17. The van der Waals surface area contributed by atoms with Crippen LogP contribution in [0.15, 0.2) is 17.7 Å². The van der Waals surface area contributed by atoms with E-state index in [9.17, 15) is 26.7 Å². The maximum Gasteiger partial charge on any atom is 0.312 e. The summed E-state index contributed by atoms with van der Waals surface area (Å²) >= 11 is 0. The zero-order valence-electron chi connectivity index (χ0n) is 14.3. The molecule has 1 aliphatic carbocycles. The van der Waals surface area contributed by atoms with E-state index >= 15 is 0 Å². The lowest BCUT2D eigenvalue weighted by Crippen LogP contribution is -2.15. The molecule has 0 heterocycles. The first kappa shape index (κ1) is 19.4. The van der Waals surface area contributed by atoms with Gasteiger partial charge in [0.2, 0.25) is 0 Å². The molecule has 0 radical (unpaired) electrons. The number of alkyl halides is 1. The summed E-state index contributed by atoms with van der Waals surface area (Å²) in [5, 5.41) is 0. The summed E-state index contributed by atoms with van der Waals surface area (Å²) < 4.78 is 71.5. The highest BCUT2D eigenvalue weighted by Gasteiger charge is 2.61. The largest absolute Gasteiger partial charge is 0.426 e. The van der Waals surface area contributed by atoms with Crippen molar-refractivity contribution in [2.75, 3.05) is 0 Å². The summed E-state index contributed by atoms with van der Waals surface area (Å²) in [5.41, 5.74) is -0.607. The van der Waals surface area contributed by atoms with E-state index in [1.54, 1.807) is 13.8 Å². The van der Waals surface area contributed by atoms with Crippen LogP contribution in [0.25, 0.3) is 0 Å². The molecule has 0 spiro atoms. The molecular weight excluding hydrogens is 343 g/mol. The first-order valence-electron chi connectivity index (χ1n) is 7.87. The van der Waals surface area contributed by atoms with Gasteiger partial charge >= 0.3 is 5.97 Å². The highest BCUT2D eigenvalue weighted by molar-refractivity contribution is 5.78. The molecule has 0 bridgehead atoms. The van der Waals surface area contributed by atoms with Gasteiger partial charge in [-0.2, -0.15) is 4.39 Å². The molecular formula is C18H19F5O2. The van der Waals surface area contributed by atoms with Crippen LogP contribution in [0.4, 0.5) is 22.0 Å². The second-order valence-corrected chi connectivity index (χ2v) is 6.83. The molecule has 1 aliphatic rings. The highest BCUT2D eigenvalue weighted by atomic mass is 19.2. The van der Waals surface area contributed by atoms with Gasteiger partial charge in [-0.05, 0) is 30.7 Å². The van der Waals surface area contributed by atoms with Crippen molar-refractivity contribution in [1.29, 1.82) is 0 Å². The van der Waals surface area contributed by atoms with E-state index < -0.39 is 52.5 Å². The molecule has 3 unspecified atom stereocenters. The van der Waals surface area contributed by atoms with Crippen molar-refractivity contribution in [1.82, 2.24) is 0 Å². The van der Waals surface area contributed by atoms with E-state index in [4.69, 9.17) is 0 Å². The lowest BCUT2D eigenvalue weighted by molar-refractivity contribution is -0.161. The average Bonchev–Trinajstić information content (AvgIpc) is 3.08. The predicted molar refractivity (Wildman–Crippen MR) is 81.0 cm³/mol. The van der Waals surface area contributed by atoms with Gasteiger partial charge in [0.15, 0.2) is 23.3 Å². The van der Waals surface area contributed by atoms with Crippen LogP contribution in [0.2, 0.25) is 0 Å². The van der Waals surface area contributed by atoms with Crippen LogP contribution >= 0.6 is 0 Å². The molecule has 1 fully saturated rings. The van der Waals surface area contributed by atoms with Crippen molar-refractivity contribution in [3.8, 4) is 0 Å². The van der Waals surface area contributed by atoms with Gasteiger partial charge in [0.25, 0.3) is 6.36 Å². The fraction of sp³-hybridized carbons (Fsp3) is 0.500. The number of halogens is 5. The number of ether oxygens (including phenoxy) is 1. The molecule has 1 aromatic rings. The van der Waals surface area contributed by atoms with Crippen molar-refractivity contribution in [3.63, 3.8) is 0 Å². The third-order valence-electron chi connectivity index (χ3n) is 4.78. The van der Waals surface area contributed by atoms with Gasteiger partial charge in [-0.3, -0.25) is 4.79 Å². The molecule has 7 heteroatoms. The minimum absolute atomic E-state index is 0.141. The minimum Gasteiger partial charge on any atom is -0.426 e. The van der Waals surface area contributed by atoms with E-state index in [-0.39, 0.29) is 12.0 Å². The second kappa shape index (κ2) is 6.77. The molecule has 1 aromatic carbocycles. The van der Waals surface area contributed by atoms with E-state index in [0.29, 0.717) is 0 Å². The Labute approximate surface area is 142 Å². The van der Waals surface area contributed by atoms with E-state index in [2.05, 4.69) is 4.74 Å². The van der Waals surface area contributed by atoms with Crippen LogP contribution in [-0.2, 0) is 9.53 Å². The number of allylic oxidation sites excluding steroid dienone is 2. The van der Waals surface area contributed by atoms with Crippen molar-refractivity contribution in [3.05, 3.63) is 46.5 Å². The number of hydrogen-bond donors (Lipinski definition) is 0. The highest BCUT2D eigenvalue weighted by Crippen LogP contribution is 2.60. The fourth-order valence-corrected chi connectivity index (χ4v) is 2.86. The predicted octanol–water partition coefficient (Wildman–Crippen LogP) is 5.38. The average molecular weight is 362 g/mol. The van der Waals surface area contributed by atoms with E-state index in [1.807, 2.05) is 19.9 Å². The summed E-state index contributed by atoms with van der Waals surface area (Å²) in [6.45, 7) is 7.45. The number of hydrogen-bond acceptors (Lipinski definition) is 2. The van der Waals surface area contributed by atoms with Gasteiger partial charge in [-0.1, -0.05) is 32.4 Å². The van der Waals surface area contributed by atoms with Gasteiger partial charge in [-0.15, -0.1) is 0 Å². The van der Waals surface area contributed by atoms with Crippen molar-refractivity contribution in [2.24, 2.45) is 17.3 Å². The van der Waals surface area contributed by atoms with Crippen LogP contribution < -0.4 is 0 Å². The lowest BCUT2D eigenvalue weighted by Gasteiger charge is -2.12. The van der Waals surface area contributed by atoms with Crippen LogP contribution in [0, 0.1) is 40.5 Å². The standard InChI is InChI=1S/C18H19F5O2/c1-5-8(2)6-10-12(18(10,3)4)17(24)25-16(23)9-7-11(19)14(21)15(22)13(9)20/h6-7,10,12,16H,5H2,1-4H3. The third-order valence-corrected chi connectivity index (χ3v) is 4.78. The Kier molecular flexibility index (Phi) is 5.25. The van der Waals surface area contributed by atoms with Crippen LogP contribution in [0.1, 0.15) is 46.0 Å². The number of carbonyl (C=O) groups is 1. The summed E-state index contributed by atoms with van der Waals surface area (Å²) in [5.74, 6) is -9.65. The first-order chi connectivity index (χ1) is 11.5. The molecule has 0 aliphatic heterocycles. The zero-order valence-corrected chi connectivity index (χ0v) is 14.3. The Bertz CT molecular complexity index is 727. The summed E-state index contributed by atoms with van der Waals surface area (Å²) in [6, 6.07) is 0.141. The van der Waals surface area contributed by atoms with Gasteiger partial charge < -0.3 is 4.74 Å². The number of rotatable bonds is 5. The van der Waals surface area contributed by atoms with E-state index in [0.717, 1.165) is 12.0 Å². The molecule has 0 N–H and O–H groups in total. The zero-order chi connectivity index (χ0) is 19.1. The molecule has 2 rings (SSSR count). The van der Waals surface area contributed by atoms with Crippen LogP contribution in [0.5, 0.6) is 0 Å². The quantitative estimate of drug-likeness (QED) is 0.231. The number of esters is 1. The number of carbonyl (C=O) groups excluding carboxylic acids is 1. The van der Waals surface area contributed by atoms with Crippen LogP contribution in [-0.4, -0.2) is 5.97 Å². The van der Waals surface area contributed by atoms with E-state index in [1.165, 1.54) is 0 Å². The summed E-state index contributed by atoms with van der Waals surface area (Å²) in [7, 11) is 0. The Morgan fingerprint density at radius 1 is 1.24 bits per heavy atom. The molecule has 1 saturated carbocycles. The normalized spacial score (nSPS) is 23.3. The first-order valence-corrected chi connectivity index (χ1v) is 7.87. The maximum absolute atomic E-state index is 14.1. The van der Waals surface area contributed by atoms with Gasteiger partial charge in [0.05, 0.1) is 11.5 Å². The molecule has 0 aromatic heterocycles. The molecule has 138 valence electrons. The minimum atomic E-state index is -2.73. The third kappa shape index (κ3) is 3.55. The van der Waals surface area contributed by atoms with Gasteiger partial charge in [0, 0.05) is 0 Å². The smallest absolute Gasteiger partial charge is 0.312 e. The van der Waals surface area contributed by atoms with Crippen LogP contribution in [0.3, 0.4) is 0 Å². The second-order valence-electron chi connectivity index (χ2n) is 6.83. The van der Waals surface area contributed by atoms with Gasteiger partial charge in [0.1, 0.15) is 0 Å². The topological polar surface area (TPSA) is 26.3 Å². The lowest BCUT2D eigenvalue weighted by atomic mass is 10.1. The Morgan fingerprint density at radius 3 is 2.40 bits per heavy atom. The fourth-order valence-electron chi connectivity index (χ4n) is 2.86. The Morgan fingerprint density at radius 2 is 1.84 bits per heavy atom. The van der Waals surface area contributed by atoms with Crippen molar-refractivity contribution < 1.29 is 31.5 Å². The molecule has 0 saturated heterocycles. The Hall–Kier alpha value is -1.92. The molecule has 3 atom stereocenters. The van der Waals surface area contributed by atoms with Crippen molar-refractivity contribution >= 4 is 5.97 Å². The maximum atomic E-state index is 14.1. The molecule has 25 heavy (non-hydrogen) atoms. The summed E-state index contributed by atoms with van der Waals surface area (Å²) in [6.07, 6.45) is -0.0402. The molecule has 0 amide bonds. The monoisotopic (exact) mass is 362 g/mol. The molecule has 2 nitrogen and oxygen atoms in total.